The van der Waals surface area contributed by atoms with Gasteiger partial charge in [0.15, 0.2) is 0 Å². The number of rotatable bonds is 10. The monoisotopic (exact) mass is 583 g/mol. The predicted molar refractivity (Wildman–Crippen MR) is 154 cm³/mol. The van der Waals surface area contributed by atoms with E-state index in [4.69, 9.17) is 14.5 Å². The molecule has 0 saturated heterocycles. The van der Waals surface area contributed by atoms with Crippen LogP contribution >= 0.6 is 15.9 Å². The first kappa shape index (κ1) is 28.1. The third-order valence-electron chi connectivity index (χ3n) is 7.46. The first-order chi connectivity index (χ1) is 18.2. The Kier molecular flexibility index (Phi) is 9.13. The Morgan fingerprint density at radius 1 is 1.13 bits per heavy atom. The Morgan fingerprint density at radius 2 is 1.84 bits per heavy atom. The van der Waals surface area contributed by atoms with Crippen LogP contribution in [0.4, 0.5) is 0 Å². The fourth-order valence-corrected chi connectivity index (χ4v) is 6.00. The van der Waals surface area contributed by atoms with Crippen LogP contribution in [0.3, 0.4) is 0 Å². The first-order valence-electron chi connectivity index (χ1n) is 13.5. The molecule has 0 spiro atoms. The van der Waals surface area contributed by atoms with Crippen LogP contribution in [0.1, 0.15) is 71.2 Å². The Morgan fingerprint density at radius 3 is 2.50 bits per heavy atom. The highest BCUT2D eigenvalue weighted by molar-refractivity contribution is 9.10. The molecule has 1 amide bonds. The first-order valence-corrected chi connectivity index (χ1v) is 14.3. The number of nitrogens with zero attached hydrogens (tertiary/aromatic N) is 3. The summed E-state index contributed by atoms with van der Waals surface area (Å²) >= 11 is 3.64. The molecule has 0 bridgehead atoms. The number of hydrogen-bond donors (Lipinski definition) is 0. The number of aromatic nitrogens is 2. The van der Waals surface area contributed by atoms with Crippen LogP contribution < -0.4 is 15.0 Å². The molecule has 8 heteroatoms. The van der Waals surface area contributed by atoms with Crippen LogP contribution in [0.5, 0.6) is 11.5 Å². The van der Waals surface area contributed by atoms with E-state index < -0.39 is 6.04 Å². The van der Waals surface area contributed by atoms with Gasteiger partial charge in [0, 0.05) is 25.1 Å². The van der Waals surface area contributed by atoms with E-state index in [-0.39, 0.29) is 17.4 Å². The lowest BCUT2D eigenvalue weighted by atomic mass is 10.0. The summed E-state index contributed by atoms with van der Waals surface area (Å²) in [6, 6.07) is 10.4. The quantitative estimate of drug-likeness (QED) is 0.266. The SMILES string of the molecule is COc1cc(OC)c(Br)c(-n2c(C(C)N(CC(C)C)C(=O)CCC3CCCC3)nc3ccccc3c2=O)c1. The van der Waals surface area contributed by atoms with Gasteiger partial charge >= 0.3 is 0 Å². The van der Waals surface area contributed by atoms with Gasteiger partial charge in [-0.3, -0.25) is 14.2 Å². The smallest absolute Gasteiger partial charge is 0.266 e. The molecule has 0 radical (unpaired) electrons. The predicted octanol–water partition coefficient (Wildman–Crippen LogP) is 6.68. The van der Waals surface area contributed by atoms with Crippen LogP contribution in [0, 0.1) is 11.8 Å². The number of hydrogen-bond acceptors (Lipinski definition) is 5. The van der Waals surface area contributed by atoms with E-state index in [1.165, 1.54) is 25.7 Å². The largest absolute Gasteiger partial charge is 0.497 e. The molecule has 1 atom stereocenters. The van der Waals surface area contributed by atoms with Crippen molar-refractivity contribution in [3.63, 3.8) is 0 Å². The molecule has 38 heavy (non-hydrogen) atoms. The standard InChI is InChI=1S/C30H38BrN3O4/c1-19(2)18-33(27(35)15-14-21-10-6-7-11-21)20(3)29-32-24-13-9-8-12-23(24)30(36)34(29)25-16-22(37-4)17-26(38-5)28(25)31/h8-9,12-13,16-17,19-21H,6-7,10-11,14-15,18H2,1-5H3. The molecule has 0 N–H and O–H groups in total. The second kappa shape index (κ2) is 12.3. The molecule has 1 aliphatic carbocycles. The molecular weight excluding hydrogens is 546 g/mol. The Hall–Kier alpha value is -2.87. The average Bonchev–Trinajstić information content (AvgIpc) is 3.44. The van der Waals surface area contributed by atoms with Crippen molar-refractivity contribution in [1.82, 2.24) is 14.5 Å². The second-order valence-corrected chi connectivity index (χ2v) is 11.4. The second-order valence-electron chi connectivity index (χ2n) is 10.6. The van der Waals surface area contributed by atoms with Crippen molar-refractivity contribution in [2.45, 2.75) is 65.3 Å². The van der Waals surface area contributed by atoms with Crippen molar-refractivity contribution in [3.8, 4) is 17.2 Å². The van der Waals surface area contributed by atoms with Gasteiger partial charge in [0.1, 0.15) is 17.3 Å². The van der Waals surface area contributed by atoms with Crippen LogP contribution in [0.25, 0.3) is 16.6 Å². The third kappa shape index (κ3) is 5.90. The highest BCUT2D eigenvalue weighted by Crippen LogP contribution is 2.37. The number of benzene rings is 2. The van der Waals surface area contributed by atoms with Crippen molar-refractivity contribution < 1.29 is 14.3 Å². The number of amides is 1. The lowest BCUT2D eigenvalue weighted by Crippen LogP contribution is -2.39. The number of carbonyl (C=O) groups is 1. The topological polar surface area (TPSA) is 73.7 Å². The van der Waals surface area contributed by atoms with Crippen molar-refractivity contribution >= 4 is 32.7 Å². The van der Waals surface area contributed by atoms with Gasteiger partial charge in [-0.15, -0.1) is 0 Å². The molecule has 7 nitrogen and oxygen atoms in total. The number of ether oxygens (including phenoxy) is 2. The highest BCUT2D eigenvalue weighted by atomic mass is 79.9. The number of carbonyl (C=O) groups excluding carboxylic acids is 1. The molecule has 0 aliphatic heterocycles. The molecule has 3 aromatic rings. The van der Waals surface area contributed by atoms with Gasteiger partial charge < -0.3 is 14.4 Å². The number of fused-ring (bicyclic) bond motifs is 1. The van der Waals surface area contributed by atoms with Crippen molar-refractivity contribution in [2.75, 3.05) is 20.8 Å². The van der Waals surface area contributed by atoms with Crippen LogP contribution in [-0.2, 0) is 4.79 Å². The molecule has 2 aromatic carbocycles. The van der Waals surface area contributed by atoms with Crippen molar-refractivity contribution in [2.24, 2.45) is 11.8 Å². The van der Waals surface area contributed by atoms with E-state index in [1.54, 1.807) is 37.0 Å². The molecule has 1 aliphatic rings. The maximum absolute atomic E-state index is 14.0. The van der Waals surface area contributed by atoms with Crippen LogP contribution in [0.2, 0.25) is 0 Å². The zero-order valence-electron chi connectivity index (χ0n) is 23.0. The van der Waals surface area contributed by atoms with E-state index in [0.29, 0.717) is 57.3 Å². The van der Waals surface area contributed by atoms with E-state index in [9.17, 15) is 9.59 Å². The summed E-state index contributed by atoms with van der Waals surface area (Å²) in [4.78, 5) is 34.6. The average molecular weight is 585 g/mol. The molecule has 204 valence electrons. The minimum atomic E-state index is -0.435. The Bertz CT molecular complexity index is 1350. The third-order valence-corrected chi connectivity index (χ3v) is 8.25. The molecule has 1 saturated carbocycles. The molecule has 1 aromatic heterocycles. The van der Waals surface area contributed by atoms with Crippen molar-refractivity contribution in [3.05, 3.63) is 57.0 Å². The molecular formula is C30H38BrN3O4. The summed E-state index contributed by atoms with van der Waals surface area (Å²) in [5.41, 5.74) is 0.940. The Labute approximate surface area is 233 Å². The molecule has 1 heterocycles. The molecule has 4 rings (SSSR count). The zero-order chi connectivity index (χ0) is 27.4. The van der Waals surface area contributed by atoms with E-state index in [2.05, 4.69) is 29.8 Å². The number of methoxy groups -OCH3 is 2. The fourth-order valence-electron chi connectivity index (χ4n) is 5.43. The maximum atomic E-state index is 14.0. The van der Waals surface area contributed by atoms with Gasteiger partial charge in [-0.05, 0) is 53.2 Å². The van der Waals surface area contributed by atoms with E-state index >= 15 is 0 Å². The van der Waals surface area contributed by atoms with Gasteiger partial charge in [0.2, 0.25) is 5.91 Å². The van der Waals surface area contributed by atoms with E-state index in [0.717, 1.165) is 6.42 Å². The number of para-hydroxylation sites is 1. The summed E-state index contributed by atoms with van der Waals surface area (Å²) < 4.78 is 13.3. The lowest BCUT2D eigenvalue weighted by Gasteiger charge is -2.32. The highest BCUT2D eigenvalue weighted by Gasteiger charge is 2.29. The van der Waals surface area contributed by atoms with E-state index in [1.807, 2.05) is 30.0 Å². The van der Waals surface area contributed by atoms with Crippen molar-refractivity contribution in [1.29, 1.82) is 0 Å². The summed E-state index contributed by atoms with van der Waals surface area (Å²) in [5.74, 6) is 2.58. The summed E-state index contributed by atoms with van der Waals surface area (Å²) in [6.07, 6.45) is 6.37. The van der Waals surface area contributed by atoms with Gasteiger partial charge in [-0.1, -0.05) is 51.7 Å². The molecule has 1 fully saturated rings. The summed E-state index contributed by atoms with van der Waals surface area (Å²) in [6.45, 7) is 6.76. The zero-order valence-corrected chi connectivity index (χ0v) is 24.6. The van der Waals surface area contributed by atoms with Gasteiger partial charge in [0.05, 0.1) is 41.3 Å². The van der Waals surface area contributed by atoms with Gasteiger partial charge in [0.25, 0.3) is 5.56 Å². The Balaban J connectivity index is 1.86. The fraction of sp³-hybridized carbons (Fsp3) is 0.500. The lowest BCUT2D eigenvalue weighted by molar-refractivity contribution is -0.134. The summed E-state index contributed by atoms with van der Waals surface area (Å²) in [5, 5.41) is 0.500. The minimum absolute atomic E-state index is 0.106. The number of halogens is 1. The minimum Gasteiger partial charge on any atom is -0.497 e. The van der Waals surface area contributed by atoms with Crippen LogP contribution in [-0.4, -0.2) is 41.1 Å². The van der Waals surface area contributed by atoms with Gasteiger partial charge in [-0.25, -0.2) is 4.98 Å². The summed E-state index contributed by atoms with van der Waals surface area (Å²) in [7, 11) is 3.15. The molecule has 1 unspecified atom stereocenters. The normalized spacial score (nSPS) is 14.7. The maximum Gasteiger partial charge on any atom is 0.266 e. The van der Waals surface area contributed by atoms with Crippen LogP contribution in [0.15, 0.2) is 45.7 Å². The van der Waals surface area contributed by atoms with Gasteiger partial charge in [-0.2, -0.15) is 0 Å².